The van der Waals surface area contributed by atoms with Gasteiger partial charge in [0, 0.05) is 19.2 Å². The first kappa shape index (κ1) is 21.5. The first-order chi connectivity index (χ1) is 13.6. The highest BCUT2D eigenvalue weighted by Crippen LogP contribution is 2.26. The molecule has 2 heterocycles. The second-order valence-corrected chi connectivity index (χ2v) is 8.14. The molecule has 3 aromatic rings. The fourth-order valence-electron chi connectivity index (χ4n) is 3.21. The topological polar surface area (TPSA) is 70.2 Å². The summed E-state index contributed by atoms with van der Waals surface area (Å²) in [7, 11) is 1.95. The highest BCUT2D eigenvalue weighted by atomic mass is 35.5. The van der Waals surface area contributed by atoms with Crippen LogP contribution >= 0.6 is 35.3 Å². The summed E-state index contributed by atoms with van der Waals surface area (Å²) in [5.74, 6) is -0.163. The van der Waals surface area contributed by atoms with Gasteiger partial charge in [-0.2, -0.15) is 0 Å². The lowest BCUT2D eigenvalue weighted by Gasteiger charge is -2.18. The van der Waals surface area contributed by atoms with Gasteiger partial charge in [0.1, 0.15) is 5.01 Å². The molecule has 152 valence electrons. The predicted molar refractivity (Wildman–Crippen MR) is 121 cm³/mol. The zero-order chi connectivity index (χ0) is 19.5. The third-order valence-electron chi connectivity index (χ3n) is 4.68. The van der Waals surface area contributed by atoms with Gasteiger partial charge in [0.25, 0.3) is 5.91 Å². The van der Waals surface area contributed by atoms with E-state index in [1.807, 2.05) is 54.4 Å². The van der Waals surface area contributed by atoms with Crippen molar-refractivity contribution in [2.75, 3.05) is 23.8 Å². The highest BCUT2D eigenvalue weighted by Gasteiger charge is 2.15. The molecule has 1 aliphatic rings. The summed E-state index contributed by atoms with van der Waals surface area (Å²) < 4.78 is 0. The number of amides is 1. The van der Waals surface area contributed by atoms with E-state index in [1.54, 1.807) is 0 Å². The molecule has 6 nitrogen and oxygen atoms in total. The van der Waals surface area contributed by atoms with E-state index in [0.29, 0.717) is 22.3 Å². The van der Waals surface area contributed by atoms with Gasteiger partial charge in [-0.15, -0.1) is 22.6 Å². The number of anilines is 2. The maximum atomic E-state index is 12.6. The molecule has 29 heavy (non-hydrogen) atoms. The number of halogens is 2. The van der Waals surface area contributed by atoms with Crippen LogP contribution in [0.2, 0.25) is 5.02 Å². The molecular weight excluding hydrogens is 429 g/mol. The number of hydrogen-bond donors (Lipinski definition) is 2. The lowest BCUT2D eigenvalue weighted by atomic mass is 9.98. The van der Waals surface area contributed by atoms with Crippen molar-refractivity contribution in [1.29, 1.82) is 0 Å². The molecule has 0 bridgehead atoms. The van der Waals surface area contributed by atoms with E-state index in [2.05, 4.69) is 20.8 Å². The van der Waals surface area contributed by atoms with Gasteiger partial charge in [0.05, 0.1) is 17.3 Å². The van der Waals surface area contributed by atoms with E-state index in [9.17, 15) is 4.79 Å². The van der Waals surface area contributed by atoms with Gasteiger partial charge in [0.2, 0.25) is 5.13 Å². The molecule has 0 spiro atoms. The Morgan fingerprint density at radius 2 is 2.07 bits per heavy atom. The summed E-state index contributed by atoms with van der Waals surface area (Å²) >= 11 is 7.61. The van der Waals surface area contributed by atoms with E-state index in [4.69, 9.17) is 11.6 Å². The summed E-state index contributed by atoms with van der Waals surface area (Å²) in [6.45, 7) is 2.36. The van der Waals surface area contributed by atoms with Crippen molar-refractivity contribution < 1.29 is 4.79 Å². The van der Waals surface area contributed by atoms with E-state index < -0.39 is 0 Å². The minimum absolute atomic E-state index is 0. The Hall–Kier alpha value is -2.19. The van der Waals surface area contributed by atoms with Crippen LogP contribution in [0, 0.1) is 0 Å². The molecule has 1 amide bonds. The normalized spacial score (nSPS) is 12.6. The molecule has 0 atom stereocenters. The molecule has 1 aliphatic heterocycles. The molecule has 0 radical (unpaired) electrons. The minimum Gasteiger partial charge on any atom is -0.367 e. The quantitative estimate of drug-likeness (QED) is 0.611. The Morgan fingerprint density at radius 3 is 2.90 bits per heavy atom. The first-order valence-corrected chi connectivity index (χ1v) is 10.2. The van der Waals surface area contributed by atoms with E-state index in [0.717, 1.165) is 30.2 Å². The van der Waals surface area contributed by atoms with Crippen LogP contribution in [-0.2, 0) is 19.5 Å². The number of para-hydroxylation sites is 1. The van der Waals surface area contributed by atoms with E-state index in [1.165, 1.54) is 22.5 Å². The molecule has 0 fully saturated rings. The number of nitrogens with one attached hydrogen (secondary N) is 2. The zero-order valence-electron chi connectivity index (χ0n) is 15.8. The van der Waals surface area contributed by atoms with Gasteiger partial charge >= 0.3 is 0 Å². The average Bonchev–Trinajstić information content (AvgIpc) is 3.14. The molecule has 0 saturated heterocycles. The standard InChI is InChI=1S/C20H20ClN5OS.ClH/c1-26(17-5-3-2-4-16(17)21)12-18-24-25-20(28-18)23-19(27)14-6-7-15-11-22-9-8-13(15)10-14;/h2-7,10,22H,8-9,11-12H2,1H3,(H,23,25,27);1H. The van der Waals surface area contributed by atoms with E-state index >= 15 is 0 Å². The molecule has 1 aromatic heterocycles. The number of hydrogen-bond acceptors (Lipinski definition) is 6. The van der Waals surface area contributed by atoms with Crippen molar-refractivity contribution in [2.45, 2.75) is 19.5 Å². The van der Waals surface area contributed by atoms with Crippen molar-refractivity contribution >= 4 is 52.1 Å². The number of rotatable bonds is 5. The van der Waals surface area contributed by atoms with E-state index in [-0.39, 0.29) is 18.3 Å². The monoisotopic (exact) mass is 449 g/mol. The van der Waals surface area contributed by atoms with Crippen molar-refractivity contribution in [3.63, 3.8) is 0 Å². The average molecular weight is 450 g/mol. The third kappa shape index (κ3) is 5.05. The molecule has 2 aromatic carbocycles. The van der Waals surface area contributed by atoms with Gasteiger partial charge in [-0.25, -0.2) is 0 Å². The second kappa shape index (κ2) is 9.54. The van der Waals surface area contributed by atoms with Gasteiger partial charge in [-0.1, -0.05) is 41.1 Å². The maximum Gasteiger partial charge on any atom is 0.257 e. The Morgan fingerprint density at radius 1 is 1.24 bits per heavy atom. The summed E-state index contributed by atoms with van der Waals surface area (Å²) in [6, 6.07) is 13.5. The van der Waals surface area contributed by atoms with Gasteiger partial charge in [0.15, 0.2) is 0 Å². The smallest absolute Gasteiger partial charge is 0.257 e. The van der Waals surface area contributed by atoms with Crippen LogP contribution in [0.1, 0.15) is 26.5 Å². The second-order valence-electron chi connectivity index (χ2n) is 6.67. The minimum atomic E-state index is -0.163. The number of nitrogens with zero attached hydrogens (tertiary/aromatic N) is 3. The van der Waals surface area contributed by atoms with Crippen LogP contribution in [0.4, 0.5) is 10.8 Å². The molecule has 0 unspecified atom stereocenters. The van der Waals surface area contributed by atoms with Crippen LogP contribution < -0.4 is 15.5 Å². The summed E-state index contributed by atoms with van der Waals surface area (Å²) in [4.78, 5) is 14.6. The van der Waals surface area contributed by atoms with Crippen LogP contribution in [0.15, 0.2) is 42.5 Å². The van der Waals surface area contributed by atoms with Crippen LogP contribution in [0.5, 0.6) is 0 Å². The molecule has 0 aliphatic carbocycles. The SMILES string of the molecule is CN(Cc1nnc(NC(=O)c2ccc3c(c2)CCNC3)s1)c1ccccc1Cl.Cl. The summed E-state index contributed by atoms with van der Waals surface area (Å²) in [6.07, 6.45) is 0.938. The van der Waals surface area contributed by atoms with Crippen LogP contribution in [-0.4, -0.2) is 29.7 Å². The molecule has 2 N–H and O–H groups in total. The lowest BCUT2D eigenvalue weighted by Crippen LogP contribution is -2.24. The predicted octanol–water partition coefficient (Wildman–Crippen LogP) is 4.15. The van der Waals surface area contributed by atoms with Gasteiger partial charge in [-0.3, -0.25) is 10.1 Å². The molecule has 9 heteroatoms. The Labute approximate surface area is 184 Å². The lowest BCUT2D eigenvalue weighted by molar-refractivity contribution is 0.102. The van der Waals surface area contributed by atoms with Crippen LogP contribution in [0.25, 0.3) is 0 Å². The number of fused-ring (bicyclic) bond motifs is 1. The number of aromatic nitrogens is 2. The molecule has 4 rings (SSSR count). The Kier molecular flexibility index (Phi) is 7.08. The summed E-state index contributed by atoms with van der Waals surface area (Å²) in [5, 5.41) is 16.5. The first-order valence-electron chi connectivity index (χ1n) is 9.02. The fourth-order valence-corrected chi connectivity index (χ4v) is 4.27. The number of carbonyl (C=O) groups is 1. The Bertz CT molecular complexity index is 1010. The molecular formula is C20H21Cl2N5OS. The molecule has 0 saturated carbocycles. The maximum absolute atomic E-state index is 12.6. The largest absolute Gasteiger partial charge is 0.367 e. The van der Waals surface area contributed by atoms with Crippen molar-refractivity contribution in [2.24, 2.45) is 0 Å². The van der Waals surface area contributed by atoms with Crippen molar-refractivity contribution in [1.82, 2.24) is 15.5 Å². The van der Waals surface area contributed by atoms with Crippen molar-refractivity contribution in [3.8, 4) is 0 Å². The third-order valence-corrected chi connectivity index (χ3v) is 5.82. The van der Waals surface area contributed by atoms with Gasteiger partial charge < -0.3 is 10.2 Å². The van der Waals surface area contributed by atoms with Crippen molar-refractivity contribution in [3.05, 3.63) is 69.2 Å². The Balaban J connectivity index is 0.00000240. The summed E-state index contributed by atoms with van der Waals surface area (Å²) in [5.41, 5.74) is 4.05. The number of carbonyl (C=O) groups excluding carboxylic acids is 1. The van der Waals surface area contributed by atoms with Gasteiger partial charge in [-0.05, 0) is 48.4 Å². The van der Waals surface area contributed by atoms with Crippen LogP contribution in [0.3, 0.4) is 0 Å². The zero-order valence-corrected chi connectivity index (χ0v) is 18.2. The fraction of sp³-hybridized carbons (Fsp3) is 0.250. The highest BCUT2D eigenvalue weighted by molar-refractivity contribution is 7.15. The number of benzene rings is 2.